The lowest BCUT2D eigenvalue weighted by Gasteiger charge is -2.10. The molecule has 3 heterocycles. The highest BCUT2D eigenvalue weighted by Crippen LogP contribution is 2.30. The first kappa shape index (κ1) is 22.4. The fourth-order valence-corrected chi connectivity index (χ4v) is 5.93. The molecular weight excluding hydrogens is 504 g/mol. The van der Waals surface area contributed by atoms with Gasteiger partial charge in [0.15, 0.2) is 16.8 Å². The van der Waals surface area contributed by atoms with Crippen LogP contribution in [0.1, 0.15) is 5.56 Å². The van der Waals surface area contributed by atoms with Crippen LogP contribution in [0, 0.1) is 11.6 Å². The Hall–Kier alpha value is -2.80. The third-order valence-electron chi connectivity index (χ3n) is 4.12. The fraction of sp³-hybridized carbons (Fsp3) is 0.0526. The van der Waals surface area contributed by atoms with Gasteiger partial charge in [-0.05, 0) is 29.1 Å². The number of carbonyl (C=O) groups excluding carboxylic acids is 1. The van der Waals surface area contributed by atoms with E-state index < -0.39 is 27.6 Å². The maximum absolute atomic E-state index is 13.6. The molecule has 0 aliphatic heterocycles. The van der Waals surface area contributed by atoms with Crippen LogP contribution in [0.4, 0.5) is 18.7 Å². The number of hydrogen-bond acceptors (Lipinski definition) is 7. The molecule has 0 bridgehead atoms. The Morgan fingerprint density at radius 3 is 2.69 bits per heavy atom. The summed E-state index contributed by atoms with van der Waals surface area (Å²) in [6, 6.07) is 7.50. The molecule has 0 aliphatic carbocycles. The molecule has 166 valence electrons. The molecule has 0 saturated carbocycles. The summed E-state index contributed by atoms with van der Waals surface area (Å²) in [7, 11) is -3.87. The number of benzene rings is 1. The molecule has 13 heteroatoms. The maximum Gasteiger partial charge on any atom is 0.420 e. The molecule has 7 nitrogen and oxygen atoms in total. The smallest absolute Gasteiger partial charge is 0.393 e. The fourth-order valence-electron chi connectivity index (χ4n) is 2.70. The number of halogens is 3. The first-order valence-corrected chi connectivity index (χ1v) is 12.3. The van der Waals surface area contributed by atoms with Crippen molar-refractivity contribution in [3.8, 4) is 5.88 Å². The van der Waals surface area contributed by atoms with Gasteiger partial charge in [0, 0.05) is 12.3 Å². The van der Waals surface area contributed by atoms with E-state index in [0.29, 0.717) is 9.90 Å². The van der Waals surface area contributed by atoms with Crippen LogP contribution >= 0.6 is 34.3 Å². The number of nitrogens with one attached hydrogen (secondary N) is 1. The van der Waals surface area contributed by atoms with Gasteiger partial charge in [-0.15, -0.1) is 11.3 Å². The molecule has 3 aromatic heterocycles. The molecule has 0 fully saturated rings. The number of ether oxygens (including phenoxy) is 1. The lowest BCUT2D eigenvalue weighted by molar-refractivity contribution is 0.211. The summed E-state index contributed by atoms with van der Waals surface area (Å²) in [5, 5.41) is 4.19. The minimum atomic E-state index is -3.87. The van der Waals surface area contributed by atoms with Crippen LogP contribution in [0.2, 0.25) is 4.34 Å². The Bertz CT molecular complexity index is 1380. The molecule has 32 heavy (non-hydrogen) atoms. The molecule has 0 atom stereocenters. The van der Waals surface area contributed by atoms with E-state index in [-0.39, 0.29) is 26.7 Å². The highest BCUT2D eigenvalue weighted by atomic mass is 35.5. The van der Waals surface area contributed by atoms with Crippen molar-refractivity contribution in [3.63, 3.8) is 0 Å². The van der Waals surface area contributed by atoms with E-state index in [1.54, 1.807) is 11.4 Å². The molecular formula is C19H12ClF2N3O4S3. The summed E-state index contributed by atoms with van der Waals surface area (Å²) in [5.41, 5.74) is 0.330. The Morgan fingerprint density at radius 1 is 1.22 bits per heavy atom. The molecule has 0 saturated heterocycles. The minimum absolute atomic E-state index is 0.0805. The second kappa shape index (κ2) is 8.98. The van der Waals surface area contributed by atoms with E-state index in [2.05, 4.69) is 10.3 Å². The van der Waals surface area contributed by atoms with Crippen LogP contribution < -0.4 is 10.1 Å². The van der Waals surface area contributed by atoms with E-state index in [1.807, 2.05) is 0 Å². The number of aromatic nitrogens is 2. The zero-order chi connectivity index (χ0) is 22.9. The molecule has 1 aromatic carbocycles. The van der Waals surface area contributed by atoms with Crippen LogP contribution in [-0.4, -0.2) is 24.1 Å². The molecule has 1 amide bonds. The SMILES string of the molecule is O=C(Nc1ncc(Cl)s1)Oc1cc(S(=O)(=O)c2cccs2)cn1Cc1ccc(F)c(F)c1. The topological polar surface area (TPSA) is 90.3 Å². The summed E-state index contributed by atoms with van der Waals surface area (Å²) >= 11 is 7.83. The number of thiazole rings is 1. The van der Waals surface area contributed by atoms with Crippen LogP contribution in [0.3, 0.4) is 0 Å². The van der Waals surface area contributed by atoms with Gasteiger partial charge in [-0.1, -0.05) is 35.1 Å². The van der Waals surface area contributed by atoms with Crippen molar-refractivity contribution < 1.29 is 26.7 Å². The van der Waals surface area contributed by atoms with E-state index >= 15 is 0 Å². The van der Waals surface area contributed by atoms with Gasteiger partial charge in [0.05, 0.1) is 17.6 Å². The van der Waals surface area contributed by atoms with Crippen molar-refractivity contribution in [1.29, 1.82) is 0 Å². The van der Waals surface area contributed by atoms with Gasteiger partial charge >= 0.3 is 6.09 Å². The molecule has 0 unspecified atom stereocenters. The average Bonchev–Trinajstić information content (AvgIpc) is 3.48. The lowest BCUT2D eigenvalue weighted by Crippen LogP contribution is -2.18. The minimum Gasteiger partial charge on any atom is -0.393 e. The Kier molecular flexibility index (Phi) is 6.29. The average molecular weight is 516 g/mol. The number of rotatable bonds is 6. The Morgan fingerprint density at radius 2 is 2.03 bits per heavy atom. The maximum atomic E-state index is 13.6. The lowest BCUT2D eigenvalue weighted by atomic mass is 10.2. The Labute approximate surface area is 193 Å². The van der Waals surface area contributed by atoms with Crippen molar-refractivity contribution in [2.75, 3.05) is 5.32 Å². The van der Waals surface area contributed by atoms with Crippen LogP contribution in [-0.2, 0) is 16.4 Å². The number of sulfone groups is 1. The van der Waals surface area contributed by atoms with Gasteiger partial charge < -0.3 is 9.30 Å². The van der Waals surface area contributed by atoms with E-state index in [1.165, 1.54) is 35.2 Å². The first-order chi connectivity index (χ1) is 15.2. The molecule has 4 rings (SSSR count). The van der Waals surface area contributed by atoms with Gasteiger partial charge in [0.2, 0.25) is 15.7 Å². The van der Waals surface area contributed by atoms with Gasteiger partial charge in [-0.3, -0.25) is 5.32 Å². The Balaban J connectivity index is 1.66. The summed E-state index contributed by atoms with van der Waals surface area (Å²) in [4.78, 5) is 16.1. The monoisotopic (exact) mass is 515 g/mol. The normalized spacial score (nSPS) is 11.5. The molecule has 1 N–H and O–H groups in total. The standard InChI is InChI=1S/C19H12ClF2N3O4S3/c20-15-8-23-18(31-15)24-19(26)29-16-7-12(32(27,28)17-2-1-5-30-17)10-25(16)9-11-3-4-13(21)14(22)6-11/h1-8,10H,9H2,(H,23,24,26). The van der Waals surface area contributed by atoms with Crippen molar-refractivity contribution in [2.24, 2.45) is 0 Å². The van der Waals surface area contributed by atoms with Gasteiger partial charge in [0.25, 0.3) is 0 Å². The second-order valence-corrected chi connectivity index (χ2v) is 11.1. The van der Waals surface area contributed by atoms with E-state index in [9.17, 15) is 22.0 Å². The van der Waals surface area contributed by atoms with Crippen molar-refractivity contribution in [3.05, 3.63) is 75.7 Å². The number of amides is 1. The van der Waals surface area contributed by atoms with Crippen LogP contribution in [0.25, 0.3) is 0 Å². The second-order valence-electron chi connectivity index (χ2n) is 6.31. The summed E-state index contributed by atoms with van der Waals surface area (Å²) < 4.78 is 59.7. The number of anilines is 1. The first-order valence-electron chi connectivity index (χ1n) is 8.75. The van der Waals surface area contributed by atoms with Crippen molar-refractivity contribution in [2.45, 2.75) is 15.6 Å². The number of hydrogen-bond donors (Lipinski definition) is 1. The summed E-state index contributed by atoms with van der Waals surface area (Å²) in [5.74, 6) is -2.19. The van der Waals surface area contributed by atoms with Crippen molar-refractivity contribution in [1.82, 2.24) is 9.55 Å². The third-order valence-corrected chi connectivity index (χ3v) is 8.27. The molecule has 0 aliphatic rings. The molecule has 4 aromatic rings. The predicted molar refractivity (Wildman–Crippen MR) is 116 cm³/mol. The van der Waals surface area contributed by atoms with Crippen LogP contribution in [0.5, 0.6) is 5.88 Å². The van der Waals surface area contributed by atoms with E-state index in [0.717, 1.165) is 34.8 Å². The highest BCUT2D eigenvalue weighted by Gasteiger charge is 2.24. The van der Waals surface area contributed by atoms with Gasteiger partial charge in [0.1, 0.15) is 8.55 Å². The predicted octanol–water partition coefficient (Wildman–Crippen LogP) is 5.43. The zero-order valence-corrected chi connectivity index (χ0v) is 19.0. The summed E-state index contributed by atoms with van der Waals surface area (Å²) in [6.45, 7) is -0.0805. The number of carbonyl (C=O) groups is 1. The highest BCUT2D eigenvalue weighted by molar-refractivity contribution is 7.93. The number of nitrogens with zero attached hydrogens (tertiary/aromatic N) is 2. The molecule has 0 radical (unpaired) electrons. The van der Waals surface area contributed by atoms with Crippen LogP contribution in [0.15, 0.2) is 63.3 Å². The van der Waals surface area contributed by atoms with E-state index in [4.69, 9.17) is 16.3 Å². The summed E-state index contributed by atoms with van der Waals surface area (Å²) in [6.07, 6.45) is 1.68. The third kappa shape index (κ3) is 4.83. The van der Waals surface area contributed by atoms with Crippen molar-refractivity contribution >= 4 is 55.3 Å². The zero-order valence-electron chi connectivity index (χ0n) is 15.8. The molecule has 0 spiro atoms. The van der Waals surface area contributed by atoms with Gasteiger partial charge in [-0.2, -0.15) is 0 Å². The largest absolute Gasteiger partial charge is 0.420 e. The number of thiophene rings is 1. The van der Waals surface area contributed by atoms with Gasteiger partial charge in [-0.25, -0.2) is 27.0 Å². The quantitative estimate of drug-likeness (QED) is 0.370.